The molecular weight excluding hydrogens is 770 g/mol. The van der Waals surface area contributed by atoms with Gasteiger partial charge in [0.15, 0.2) is 12.4 Å². The topological polar surface area (TPSA) is 179 Å². The summed E-state index contributed by atoms with van der Waals surface area (Å²) in [6.45, 7) is 4.93. The molecule has 5 heterocycles. The molecule has 2 amide bonds. The lowest BCUT2D eigenvalue weighted by Gasteiger charge is -2.49. The first-order chi connectivity index (χ1) is 28.2. The lowest BCUT2D eigenvalue weighted by molar-refractivity contribution is -0.313. The second-order valence-electron chi connectivity index (χ2n) is 15.9. The number of fused-ring (bicyclic) bond motifs is 1. The van der Waals surface area contributed by atoms with E-state index in [1.165, 1.54) is 68.9 Å². The molecule has 2 aromatic heterocycles. The Kier molecular flexibility index (Phi) is 11.0. The summed E-state index contributed by atoms with van der Waals surface area (Å²) in [5.74, 6) is -1.65. The molecule has 3 aromatic carbocycles. The molecule has 0 spiro atoms. The Morgan fingerprint density at radius 1 is 0.831 bits per heavy atom. The summed E-state index contributed by atoms with van der Waals surface area (Å²) in [5, 5.41) is 41.1. The number of piperidine rings is 1. The number of ether oxygens (including phenoxy) is 4. The van der Waals surface area contributed by atoms with Crippen molar-refractivity contribution >= 4 is 12.0 Å². The summed E-state index contributed by atoms with van der Waals surface area (Å²) in [6.07, 6.45) is -4.69. The van der Waals surface area contributed by atoms with Crippen LogP contribution in [0.3, 0.4) is 0 Å². The number of aliphatic hydroxyl groups excluding tert-OH is 2. The summed E-state index contributed by atoms with van der Waals surface area (Å²) < 4.78 is 55.6. The van der Waals surface area contributed by atoms with E-state index in [1.807, 2.05) is 30.3 Å². The molecule has 0 radical (unpaired) electrons. The van der Waals surface area contributed by atoms with Crippen LogP contribution < -0.4 is 0 Å². The van der Waals surface area contributed by atoms with Crippen molar-refractivity contribution in [1.29, 1.82) is 0 Å². The summed E-state index contributed by atoms with van der Waals surface area (Å²) in [4.78, 5) is 30.9. The number of carbonyl (C=O) groups is 2. The van der Waals surface area contributed by atoms with Crippen LogP contribution in [0.5, 0.6) is 0 Å². The number of likely N-dealkylation sites (tertiary alicyclic amines) is 1. The van der Waals surface area contributed by atoms with Gasteiger partial charge in [0.1, 0.15) is 59.1 Å². The molecule has 3 aliphatic rings. The van der Waals surface area contributed by atoms with Crippen LogP contribution in [0.1, 0.15) is 44.7 Å². The van der Waals surface area contributed by atoms with E-state index < -0.39 is 84.2 Å². The van der Waals surface area contributed by atoms with Gasteiger partial charge in [0.25, 0.3) is 5.91 Å². The van der Waals surface area contributed by atoms with E-state index in [2.05, 4.69) is 20.6 Å². The zero-order valence-electron chi connectivity index (χ0n) is 32.7. The number of amides is 2. The van der Waals surface area contributed by atoms with E-state index in [0.29, 0.717) is 22.5 Å². The minimum Gasteiger partial charge on any atom is -0.444 e. The van der Waals surface area contributed by atoms with E-state index in [0.717, 1.165) is 5.56 Å². The third kappa shape index (κ3) is 8.31. The van der Waals surface area contributed by atoms with Crippen LogP contribution in [0.15, 0.2) is 91.3 Å². The fourth-order valence-corrected chi connectivity index (χ4v) is 7.75. The minimum absolute atomic E-state index is 0.0209. The summed E-state index contributed by atoms with van der Waals surface area (Å²) >= 11 is 0. The monoisotopic (exact) mass is 814 g/mol. The average Bonchev–Trinajstić information content (AvgIpc) is 3.91. The zero-order valence-corrected chi connectivity index (χ0v) is 32.7. The summed E-state index contributed by atoms with van der Waals surface area (Å²) in [7, 11) is 1.44. The van der Waals surface area contributed by atoms with Gasteiger partial charge in [-0.15, -0.1) is 10.2 Å². The molecule has 0 bridgehead atoms. The van der Waals surface area contributed by atoms with Crippen LogP contribution in [-0.4, -0.2) is 131 Å². The highest BCUT2D eigenvalue weighted by atomic mass is 19.1. The fourth-order valence-electron chi connectivity index (χ4n) is 7.75. The molecule has 18 heteroatoms. The molecule has 3 fully saturated rings. The Bertz CT molecular complexity index is 2290. The van der Waals surface area contributed by atoms with Gasteiger partial charge in [-0.05, 0) is 45.0 Å². The zero-order chi connectivity index (χ0) is 41.6. The SMILES string of the molecule is CN(C(=O)[C@@H]1O[C@@H]2COC(c3ccccc3)O[C@@H]2[C@H](n2cc(-c3cccc(F)c3)nn2)[C@H]1O)[C@@H]1CN(C(=O)OC(C)(C)C)C[C@H](n2cc(-c3cccc(F)c3)nn2)[C@H]1O. The first kappa shape index (κ1) is 40.1. The van der Waals surface area contributed by atoms with Crippen molar-refractivity contribution in [2.24, 2.45) is 0 Å². The number of aromatic nitrogens is 6. The fraction of sp³-hybridized carbons (Fsp3) is 0.415. The van der Waals surface area contributed by atoms with E-state index >= 15 is 0 Å². The molecule has 1 unspecified atom stereocenters. The Labute approximate surface area is 337 Å². The van der Waals surface area contributed by atoms with E-state index in [9.17, 15) is 28.6 Å². The van der Waals surface area contributed by atoms with Crippen LogP contribution in [0.2, 0.25) is 0 Å². The van der Waals surface area contributed by atoms with E-state index in [4.69, 9.17) is 18.9 Å². The molecule has 9 atom stereocenters. The number of nitrogens with zero attached hydrogens (tertiary/aromatic N) is 8. The predicted octanol–water partition coefficient (Wildman–Crippen LogP) is 3.95. The average molecular weight is 815 g/mol. The highest BCUT2D eigenvalue weighted by molar-refractivity contribution is 5.82. The van der Waals surface area contributed by atoms with Crippen molar-refractivity contribution in [3.8, 4) is 22.5 Å². The van der Waals surface area contributed by atoms with Crippen molar-refractivity contribution in [3.05, 3.63) is 108 Å². The molecule has 5 aromatic rings. The Balaban J connectivity index is 1.10. The number of rotatable bonds is 7. The highest BCUT2D eigenvalue weighted by Crippen LogP contribution is 2.40. The van der Waals surface area contributed by atoms with Crippen molar-refractivity contribution in [1.82, 2.24) is 39.8 Å². The van der Waals surface area contributed by atoms with Gasteiger partial charge in [0.2, 0.25) is 0 Å². The molecule has 8 rings (SSSR count). The minimum atomic E-state index is -1.59. The van der Waals surface area contributed by atoms with Gasteiger partial charge in [0.05, 0.1) is 31.1 Å². The Morgan fingerprint density at radius 3 is 2.08 bits per heavy atom. The molecule has 310 valence electrons. The van der Waals surface area contributed by atoms with Gasteiger partial charge in [0, 0.05) is 36.8 Å². The number of hydrogen-bond donors (Lipinski definition) is 2. The maximum Gasteiger partial charge on any atom is 0.410 e. The first-order valence-electron chi connectivity index (χ1n) is 19.2. The molecular formula is C41H44F2N8O8. The summed E-state index contributed by atoms with van der Waals surface area (Å²) in [5.41, 5.74) is 1.41. The lowest BCUT2D eigenvalue weighted by Crippen LogP contribution is -2.66. The van der Waals surface area contributed by atoms with Crippen molar-refractivity contribution in [3.63, 3.8) is 0 Å². The highest BCUT2D eigenvalue weighted by Gasteiger charge is 2.54. The number of benzene rings is 3. The maximum absolute atomic E-state index is 14.7. The Morgan fingerprint density at radius 2 is 1.46 bits per heavy atom. The van der Waals surface area contributed by atoms with Gasteiger partial charge in [-0.3, -0.25) is 4.79 Å². The molecule has 3 aliphatic heterocycles. The third-order valence-electron chi connectivity index (χ3n) is 10.7. The molecule has 3 saturated heterocycles. The lowest BCUT2D eigenvalue weighted by atomic mass is 9.90. The van der Waals surface area contributed by atoms with Crippen LogP contribution in [0.25, 0.3) is 22.5 Å². The molecule has 2 N–H and O–H groups in total. The van der Waals surface area contributed by atoms with Crippen LogP contribution in [-0.2, 0) is 23.7 Å². The van der Waals surface area contributed by atoms with E-state index in [1.54, 1.807) is 39.0 Å². The van der Waals surface area contributed by atoms with Gasteiger partial charge in [-0.1, -0.05) is 65.0 Å². The van der Waals surface area contributed by atoms with Crippen molar-refractivity contribution in [2.75, 3.05) is 26.7 Å². The number of likely N-dealkylation sites (N-methyl/N-ethyl adjacent to an activating group) is 1. The molecule has 59 heavy (non-hydrogen) atoms. The summed E-state index contributed by atoms with van der Waals surface area (Å²) in [6, 6.07) is 17.8. The van der Waals surface area contributed by atoms with Crippen LogP contribution in [0.4, 0.5) is 13.6 Å². The molecule has 0 aliphatic carbocycles. The number of aliphatic hydroxyl groups is 2. The standard InChI is InChI=1S/C41H44F2N8O8/c1-41(2,3)59-40(55)49-20-30(34(52)31(21-49)50-18-28(44-46-50)24-12-8-14-26(42)16-24)48(4)38(54)37-35(53)33(51-19-29(45-47-51)25-13-9-15-27(43)17-25)36-32(57-37)22-56-39(58-36)23-10-6-5-7-11-23/h5-19,30-37,39,52-53H,20-22H2,1-4H3/t30-,31+,32-,33-,34+,35-,36+,37-,39?/m1/s1. The van der Waals surface area contributed by atoms with E-state index in [-0.39, 0.29) is 19.7 Å². The number of carbonyl (C=O) groups excluding carboxylic acids is 2. The van der Waals surface area contributed by atoms with Gasteiger partial charge >= 0.3 is 6.09 Å². The number of halogens is 2. The second kappa shape index (κ2) is 16.2. The van der Waals surface area contributed by atoms with Gasteiger partial charge in [-0.2, -0.15) is 0 Å². The van der Waals surface area contributed by atoms with Crippen molar-refractivity contribution < 1.29 is 47.5 Å². The van der Waals surface area contributed by atoms with Crippen LogP contribution >= 0.6 is 0 Å². The normalized spacial score (nSPS) is 27.2. The largest absolute Gasteiger partial charge is 0.444 e. The Hall–Kier alpha value is -5.66. The molecule has 0 saturated carbocycles. The second-order valence-corrected chi connectivity index (χ2v) is 15.9. The molecule has 16 nitrogen and oxygen atoms in total. The maximum atomic E-state index is 14.7. The van der Waals surface area contributed by atoms with Crippen molar-refractivity contribution in [2.45, 2.75) is 81.3 Å². The predicted molar refractivity (Wildman–Crippen MR) is 204 cm³/mol. The van der Waals surface area contributed by atoms with Gasteiger partial charge < -0.3 is 39.0 Å². The smallest absolute Gasteiger partial charge is 0.410 e. The first-order valence-corrected chi connectivity index (χ1v) is 19.2. The van der Waals surface area contributed by atoms with Crippen LogP contribution in [0, 0.1) is 11.6 Å². The number of hydrogen-bond acceptors (Lipinski definition) is 12. The van der Waals surface area contributed by atoms with Gasteiger partial charge in [-0.25, -0.2) is 22.9 Å². The third-order valence-corrected chi connectivity index (χ3v) is 10.7. The quantitative estimate of drug-likeness (QED) is 0.242.